The van der Waals surface area contributed by atoms with E-state index in [9.17, 15) is 4.79 Å². The predicted octanol–water partition coefficient (Wildman–Crippen LogP) is 3.75. The van der Waals surface area contributed by atoms with Crippen molar-refractivity contribution >= 4 is 11.8 Å². The molecule has 0 saturated carbocycles. The van der Waals surface area contributed by atoms with E-state index in [0.717, 1.165) is 23.3 Å². The van der Waals surface area contributed by atoms with Crippen molar-refractivity contribution in [3.63, 3.8) is 0 Å². The van der Waals surface area contributed by atoms with Gasteiger partial charge < -0.3 is 20.3 Å². The number of rotatable bonds is 4. The third-order valence-electron chi connectivity index (χ3n) is 5.23. The minimum absolute atomic E-state index is 0.377. The minimum Gasteiger partial charge on any atom is -0.444 e. The van der Waals surface area contributed by atoms with Crippen molar-refractivity contribution in [2.45, 2.75) is 76.7 Å². The molecule has 1 aromatic carbocycles. The van der Waals surface area contributed by atoms with Gasteiger partial charge in [-0.15, -0.1) is 0 Å². The van der Waals surface area contributed by atoms with Crippen molar-refractivity contribution in [1.29, 1.82) is 0 Å². The molecule has 2 unspecified atom stereocenters. The van der Waals surface area contributed by atoms with Crippen LogP contribution in [-0.4, -0.2) is 41.8 Å². The second kappa shape index (κ2) is 7.24. The number of nitrogens with one attached hydrogen (secondary N) is 2. The zero-order valence-electron chi connectivity index (χ0n) is 15.8. The van der Waals surface area contributed by atoms with Crippen LogP contribution >= 0.6 is 0 Å². The summed E-state index contributed by atoms with van der Waals surface area (Å²) in [5.74, 6) is 0. The molecular formula is C20H31N3O2. The Morgan fingerprint density at radius 3 is 2.56 bits per heavy atom. The molecule has 5 heteroatoms. The summed E-state index contributed by atoms with van der Waals surface area (Å²) in [6.07, 6.45) is 4.72. The number of benzene rings is 1. The Morgan fingerprint density at radius 2 is 1.92 bits per heavy atom. The topological polar surface area (TPSA) is 53.6 Å². The van der Waals surface area contributed by atoms with Gasteiger partial charge in [0, 0.05) is 30.4 Å². The predicted molar refractivity (Wildman–Crippen MR) is 101 cm³/mol. The van der Waals surface area contributed by atoms with Crippen LogP contribution in [0.2, 0.25) is 0 Å². The van der Waals surface area contributed by atoms with Gasteiger partial charge in [-0.2, -0.15) is 0 Å². The second-order valence-electron chi connectivity index (χ2n) is 8.42. The van der Waals surface area contributed by atoms with Gasteiger partial charge in [0.15, 0.2) is 0 Å². The molecule has 2 atom stereocenters. The zero-order valence-corrected chi connectivity index (χ0v) is 15.8. The molecule has 2 fully saturated rings. The number of alkyl carbamates (subject to hydrolysis) is 1. The average Bonchev–Trinajstić information content (AvgIpc) is 2.73. The number of anilines is 1. The molecule has 1 aromatic rings. The first kappa shape index (κ1) is 18.1. The van der Waals surface area contributed by atoms with Crippen molar-refractivity contribution in [3.05, 3.63) is 29.8 Å². The number of piperidine rings is 1. The van der Waals surface area contributed by atoms with Crippen LogP contribution in [0.4, 0.5) is 10.5 Å². The minimum atomic E-state index is -0.471. The third-order valence-corrected chi connectivity index (χ3v) is 5.23. The molecule has 2 aliphatic heterocycles. The van der Waals surface area contributed by atoms with Crippen LogP contribution in [0.15, 0.2) is 24.3 Å². The number of hydrogen-bond donors (Lipinski definition) is 2. The number of ether oxygens (including phenoxy) is 1. The van der Waals surface area contributed by atoms with Gasteiger partial charge in [0.2, 0.25) is 0 Å². The molecule has 0 aliphatic carbocycles. The van der Waals surface area contributed by atoms with Gasteiger partial charge in [-0.3, -0.25) is 0 Å². The van der Waals surface area contributed by atoms with E-state index in [2.05, 4.69) is 34.7 Å². The van der Waals surface area contributed by atoms with E-state index in [1.54, 1.807) is 0 Å². The van der Waals surface area contributed by atoms with Crippen LogP contribution in [0.5, 0.6) is 0 Å². The molecule has 2 saturated heterocycles. The van der Waals surface area contributed by atoms with Crippen molar-refractivity contribution in [2.75, 3.05) is 12.4 Å². The molecule has 2 aliphatic rings. The number of carbonyl (C=O) groups excluding carboxylic acids is 1. The molecule has 0 aromatic heterocycles. The van der Waals surface area contributed by atoms with Gasteiger partial charge in [-0.1, -0.05) is 12.1 Å². The highest BCUT2D eigenvalue weighted by atomic mass is 16.6. The fourth-order valence-corrected chi connectivity index (χ4v) is 4.02. The smallest absolute Gasteiger partial charge is 0.407 e. The van der Waals surface area contributed by atoms with Crippen LogP contribution in [0.3, 0.4) is 0 Å². The van der Waals surface area contributed by atoms with Crippen molar-refractivity contribution < 1.29 is 9.53 Å². The number of carbonyl (C=O) groups is 1. The normalized spacial score (nSPS) is 26.3. The van der Waals surface area contributed by atoms with E-state index in [0.29, 0.717) is 12.6 Å². The molecular weight excluding hydrogens is 314 g/mol. The van der Waals surface area contributed by atoms with E-state index in [1.807, 2.05) is 32.9 Å². The lowest BCUT2D eigenvalue weighted by atomic mass is 9.97. The first-order valence-corrected chi connectivity index (χ1v) is 9.34. The van der Waals surface area contributed by atoms with Crippen molar-refractivity contribution in [1.82, 2.24) is 10.2 Å². The van der Waals surface area contributed by atoms with Gasteiger partial charge in [0.1, 0.15) is 5.60 Å². The standard InChI is InChI=1S/C20H31N3O2/c1-20(2,3)25-19(24)21-13-14-6-5-7-15(10-14)22-16-11-17-8-9-18(12-16)23(17)4/h5-7,10,16-18,22H,8-9,11-13H2,1-4H3,(H,21,24). The molecule has 0 radical (unpaired) electrons. The van der Waals surface area contributed by atoms with Gasteiger partial charge in [-0.05, 0) is 71.2 Å². The Kier molecular flexibility index (Phi) is 5.23. The molecule has 138 valence electrons. The Bertz CT molecular complexity index is 597. The lowest BCUT2D eigenvalue weighted by Crippen LogP contribution is -2.44. The monoisotopic (exact) mass is 345 g/mol. The molecule has 0 spiro atoms. The van der Waals surface area contributed by atoms with Crippen LogP contribution in [0.25, 0.3) is 0 Å². The van der Waals surface area contributed by atoms with E-state index in [1.165, 1.54) is 25.7 Å². The summed E-state index contributed by atoms with van der Waals surface area (Å²) < 4.78 is 5.28. The molecule has 2 bridgehead atoms. The highest BCUT2D eigenvalue weighted by Crippen LogP contribution is 2.35. The SMILES string of the molecule is CN1C2CCC1CC(Nc1cccc(CNC(=O)OC(C)(C)C)c1)C2. The van der Waals surface area contributed by atoms with Crippen LogP contribution in [0.1, 0.15) is 52.0 Å². The van der Waals surface area contributed by atoms with E-state index in [-0.39, 0.29) is 6.09 Å². The quantitative estimate of drug-likeness (QED) is 0.873. The highest BCUT2D eigenvalue weighted by molar-refractivity contribution is 5.67. The summed E-state index contributed by atoms with van der Waals surface area (Å²) in [7, 11) is 2.27. The van der Waals surface area contributed by atoms with Gasteiger partial charge >= 0.3 is 6.09 Å². The lowest BCUT2D eigenvalue weighted by molar-refractivity contribution is 0.0523. The van der Waals surface area contributed by atoms with Crippen LogP contribution in [0, 0.1) is 0 Å². The summed E-state index contributed by atoms with van der Waals surface area (Å²) >= 11 is 0. The molecule has 25 heavy (non-hydrogen) atoms. The first-order chi connectivity index (χ1) is 11.8. The van der Waals surface area contributed by atoms with Crippen LogP contribution in [-0.2, 0) is 11.3 Å². The molecule has 5 nitrogen and oxygen atoms in total. The average molecular weight is 345 g/mol. The maximum Gasteiger partial charge on any atom is 0.407 e. The fourth-order valence-electron chi connectivity index (χ4n) is 4.02. The maximum absolute atomic E-state index is 11.8. The maximum atomic E-state index is 11.8. The molecule has 2 heterocycles. The third kappa shape index (κ3) is 4.88. The highest BCUT2D eigenvalue weighted by Gasteiger charge is 2.38. The summed E-state index contributed by atoms with van der Waals surface area (Å²) in [5, 5.41) is 6.52. The number of nitrogens with zero attached hydrogens (tertiary/aromatic N) is 1. The van der Waals surface area contributed by atoms with Gasteiger partial charge in [0.25, 0.3) is 0 Å². The Balaban J connectivity index is 1.52. The Hall–Kier alpha value is -1.75. The van der Waals surface area contributed by atoms with E-state index < -0.39 is 5.60 Å². The first-order valence-electron chi connectivity index (χ1n) is 9.34. The van der Waals surface area contributed by atoms with Crippen molar-refractivity contribution in [3.8, 4) is 0 Å². The number of fused-ring (bicyclic) bond motifs is 2. The van der Waals surface area contributed by atoms with E-state index in [4.69, 9.17) is 4.74 Å². The Labute approximate surface area is 151 Å². The molecule has 3 rings (SSSR count). The summed E-state index contributed by atoms with van der Waals surface area (Å²) in [6.45, 7) is 6.08. The molecule has 2 N–H and O–H groups in total. The van der Waals surface area contributed by atoms with Crippen molar-refractivity contribution in [2.24, 2.45) is 0 Å². The number of amides is 1. The van der Waals surface area contributed by atoms with E-state index >= 15 is 0 Å². The summed E-state index contributed by atoms with van der Waals surface area (Å²) in [4.78, 5) is 14.3. The fraction of sp³-hybridized carbons (Fsp3) is 0.650. The molecule has 1 amide bonds. The lowest BCUT2D eigenvalue weighted by Gasteiger charge is -2.37. The summed E-state index contributed by atoms with van der Waals surface area (Å²) in [5.41, 5.74) is 1.74. The Morgan fingerprint density at radius 1 is 1.24 bits per heavy atom. The largest absolute Gasteiger partial charge is 0.444 e. The number of hydrogen-bond acceptors (Lipinski definition) is 4. The second-order valence-corrected chi connectivity index (χ2v) is 8.42. The van der Waals surface area contributed by atoms with Gasteiger partial charge in [0.05, 0.1) is 0 Å². The summed E-state index contributed by atoms with van der Waals surface area (Å²) in [6, 6.07) is 10.3. The van der Waals surface area contributed by atoms with Crippen LogP contribution < -0.4 is 10.6 Å². The van der Waals surface area contributed by atoms with Gasteiger partial charge in [-0.25, -0.2) is 4.79 Å². The zero-order chi connectivity index (χ0) is 18.0.